The van der Waals surface area contributed by atoms with E-state index in [0.29, 0.717) is 0 Å². The molecule has 0 aliphatic heterocycles. The number of thioether (sulfide) groups is 1. The van der Waals surface area contributed by atoms with Crippen molar-refractivity contribution >= 4 is 22.8 Å². The normalized spacial score (nSPS) is 11.0. The fourth-order valence-electron chi connectivity index (χ4n) is 1.53. The molecule has 4 heteroatoms. The largest absolute Gasteiger partial charge is 0.468 e. The van der Waals surface area contributed by atoms with E-state index >= 15 is 0 Å². The molecule has 0 saturated carbocycles. The molecular formula is C12H10N2OS. The Hall–Kier alpha value is -1.68. The Balaban J connectivity index is 1.79. The summed E-state index contributed by atoms with van der Waals surface area (Å²) in [5.41, 5.74) is 2.08. The first kappa shape index (κ1) is 9.54. The number of benzene rings is 1. The van der Waals surface area contributed by atoms with Crippen molar-refractivity contribution in [3.63, 3.8) is 0 Å². The van der Waals surface area contributed by atoms with Crippen molar-refractivity contribution in [1.82, 2.24) is 9.97 Å². The van der Waals surface area contributed by atoms with Gasteiger partial charge in [-0.3, -0.25) is 0 Å². The second-order valence-corrected chi connectivity index (χ2v) is 4.39. The zero-order valence-corrected chi connectivity index (χ0v) is 9.33. The number of fused-ring (bicyclic) bond motifs is 1. The zero-order chi connectivity index (χ0) is 10.8. The van der Waals surface area contributed by atoms with Crippen LogP contribution < -0.4 is 0 Å². The van der Waals surface area contributed by atoms with E-state index in [4.69, 9.17) is 4.42 Å². The van der Waals surface area contributed by atoms with Crippen molar-refractivity contribution < 1.29 is 4.42 Å². The summed E-state index contributed by atoms with van der Waals surface area (Å²) in [4.78, 5) is 7.75. The Morgan fingerprint density at radius 3 is 2.94 bits per heavy atom. The van der Waals surface area contributed by atoms with Gasteiger partial charge in [0.1, 0.15) is 5.76 Å². The van der Waals surface area contributed by atoms with Crippen LogP contribution in [-0.2, 0) is 5.75 Å². The molecule has 0 spiro atoms. The van der Waals surface area contributed by atoms with Gasteiger partial charge >= 0.3 is 0 Å². The summed E-state index contributed by atoms with van der Waals surface area (Å²) in [5, 5.41) is 0.928. The summed E-state index contributed by atoms with van der Waals surface area (Å²) in [5.74, 6) is 1.76. The molecule has 1 aromatic carbocycles. The van der Waals surface area contributed by atoms with Gasteiger partial charge in [0.05, 0.1) is 23.0 Å². The lowest BCUT2D eigenvalue weighted by Crippen LogP contribution is -1.77. The van der Waals surface area contributed by atoms with Gasteiger partial charge in [0.25, 0.3) is 0 Å². The molecule has 3 aromatic rings. The lowest BCUT2D eigenvalue weighted by atomic mass is 10.3. The lowest BCUT2D eigenvalue weighted by molar-refractivity contribution is 0.530. The molecule has 80 valence electrons. The van der Waals surface area contributed by atoms with Crippen molar-refractivity contribution in [3.8, 4) is 0 Å². The maximum atomic E-state index is 5.27. The third-order valence-electron chi connectivity index (χ3n) is 2.30. The number of nitrogens with one attached hydrogen (secondary N) is 1. The zero-order valence-electron chi connectivity index (χ0n) is 8.51. The quantitative estimate of drug-likeness (QED) is 0.701. The van der Waals surface area contributed by atoms with Crippen LogP contribution in [0.5, 0.6) is 0 Å². The molecule has 0 saturated heterocycles. The first-order valence-electron chi connectivity index (χ1n) is 5.02. The Morgan fingerprint density at radius 1 is 1.19 bits per heavy atom. The van der Waals surface area contributed by atoms with Gasteiger partial charge in [-0.2, -0.15) is 0 Å². The van der Waals surface area contributed by atoms with E-state index in [2.05, 4.69) is 9.97 Å². The van der Waals surface area contributed by atoms with Gasteiger partial charge in [-0.05, 0) is 24.3 Å². The second kappa shape index (κ2) is 4.06. The van der Waals surface area contributed by atoms with Crippen molar-refractivity contribution in [2.45, 2.75) is 10.9 Å². The summed E-state index contributed by atoms with van der Waals surface area (Å²) in [6, 6.07) is 11.9. The average Bonchev–Trinajstić information content (AvgIpc) is 2.95. The molecule has 2 aromatic heterocycles. The van der Waals surface area contributed by atoms with Crippen LogP contribution in [-0.4, -0.2) is 9.97 Å². The molecule has 3 rings (SSSR count). The minimum atomic E-state index is 0.798. The predicted molar refractivity (Wildman–Crippen MR) is 64.4 cm³/mol. The topological polar surface area (TPSA) is 41.8 Å². The number of aromatic amines is 1. The van der Waals surface area contributed by atoms with Gasteiger partial charge in [0, 0.05) is 0 Å². The highest BCUT2D eigenvalue weighted by molar-refractivity contribution is 7.98. The number of rotatable bonds is 3. The van der Waals surface area contributed by atoms with Crippen molar-refractivity contribution in [3.05, 3.63) is 48.4 Å². The third-order valence-corrected chi connectivity index (χ3v) is 3.19. The fraction of sp³-hybridized carbons (Fsp3) is 0.0833. The van der Waals surface area contributed by atoms with E-state index in [-0.39, 0.29) is 0 Å². The third kappa shape index (κ3) is 1.84. The molecule has 0 amide bonds. The molecule has 3 nitrogen and oxygen atoms in total. The monoisotopic (exact) mass is 230 g/mol. The fourth-order valence-corrected chi connectivity index (χ4v) is 2.32. The maximum absolute atomic E-state index is 5.27. The molecule has 0 atom stereocenters. The van der Waals surface area contributed by atoms with Crippen molar-refractivity contribution in [2.24, 2.45) is 0 Å². The Morgan fingerprint density at radius 2 is 2.12 bits per heavy atom. The SMILES string of the molecule is c1coc(CSc2nc3ccccc3[nH]2)c1. The number of hydrogen-bond donors (Lipinski definition) is 1. The highest BCUT2D eigenvalue weighted by atomic mass is 32.2. The van der Waals surface area contributed by atoms with Crippen LogP contribution in [0.3, 0.4) is 0 Å². The maximum Gasteiger partial charge on any atom is 0.166 e. The molecule has 0 unspecified atom stereocenters. The van der Waals surface area contributed by atoms with Crippen LogP contribution >= 0.6 is 11.8 Å². The summed E-state index contributed by atoms with van der Waals surface area (Å²) in [6.07, 6.45) is 1.69. The van der Waals surface area contributed by atoms with Gasteiger partial charge < -0.3 is 9.40 Å². The highest BCUT2D eigenvalue weighted by Gasteiger charge is 2.03. The summed E-state index contributed by atoms with van der Waals surface area (Å²) in [6.45, 7) is 0. The van der Waals surface area contributed by atoms with Crippen molar-refractivity contribution in [1.29, 1.82) is 0 Å². The minimum Gasteiger partial charge on any atom is -0.468 e. The lowest BCUT2D eigenvalue weighted by Gasteiger charge is -1.92. The van der Waals surface area contributed by atoms with E-state index in [1.165, 1.54) is 0 Å². The minimum absolute atomic E-state index is 0.798. The molecule has 0 radical (unpaired) electrons. The van der Waals surface area contributed by atoms with Gasteiger partial charge in [-0.1, -0.05) is 23.9 Å². The van der Waals surface area contributed by atoms with Crippen LogP contribution in [0.4, 0.5) is 0 Å². The second-order valence-electron chi connectivity index (χ2n) is 3.43. The van der Waals surface area contributed by atoms with Crippen LogP contribution in [0.15, 0.2) is 52.2 Å². The molecule has 0 aliphatic rings. The number of imidazole rings is 1. The predicted octanol–water partition coefficient (Wildman–Crippen LogP) is 3.45. The molecular weight excluding hydrogens is 220 g/mol. The van der Waals surface area contributed by atoms with Crippen LogP contribution in [0.25, 0.3) is 11.0 Å². The molecule has 0 bridgehead atoms. The molecule has 0 fully saturated rings. The Bertz CT molecular complexity index is 553. The smallest absolute Gasteiger partial charge is 0.166 e. The standard InChI is InChI=1S/C12H10N2OS/c1-2-6-11-10(5-1)13-12(14-11)16-8-9-4-3-7-15-9/h1-7H,8H2,(H,13,14). The van der Waals surface area contributed by atoms with Crippen LogP contribution in [0.2, 0.25) is 0 Å². The van der Waals surface area contributed by atoms with E-state index < -0.39 is 0 Å². The van der Waals surface area contributed by atoms with Gasteiger partial charge in [-0.15, -0.1) is 0 Å². The summed E-state index contributed by atoms with van der Waals surface area (Å²) >= 11 is 1.64. The van der Waals surface area contributed by atoms with E-state index in [9.17, 15) is 0 Å². The van der Waals surface area contributed by atoms with Gasteiger partial charge in [0.2, 0.25) is 0 Å². The number of H-pyrrole nitrogens is 1. The summed E-state index contributed by atoms with van der Waals surface area (Å²) < 4.78 is 5.27. The van der Waals surface area contributed by atoms with Gasteiger partial charge in [-0.25, -0.2) is 4.98 Å². The summed E-state index contributed by atoms with van der Waals surface area (Å²) in [7, 11) is 0. The molecule has 0 aliphatic carbocycles. The Labute approximate surface area is 96.9 Å². The molecule has 1 N–H and O–H groups in total. The van der Waals surface area contributed by atoms with E-state index in [1.807, 2.05) is 36.4 Å². The van der Waals surface area contributed by atoms with Crippen molar-refractivity contribution in [2.75, 3.05) is 0 Å². The van der Waals surface area contributed by atoms with E-state index in [0.717, 1.165) is 27.7 Å². The number of nitrogens with zero attached hydrogens (tertiary/aromatic N) is 1. The van der Waals surface area contributed by atoms with Crippen LogP contribution in [0.1, 0.15) is 5.76 Å². The number of furan rings is 1. The van der Waals surface area contributed by atoms with E-state index in [1.54, 1.807) is 18.0 Å². The van der Waals surface area contributed by atoms with Gasteiger partial charge in [0.15, 0.2) is 5.16 Å². The molecule has 2 heterocycles. The number of para-hydroxylation sites is 2. The molecule has 16 heavy (non-hydrogen) atoms. The average molecular weight is 230 g/mol. The number of hydrogen-bond acceptors (Lipinski definition) is 3. The number of aromatic nitrogens is 2. The first-order valence-corrected chi connectivity index (χ1v) is 6.00. The van der Waals surface area contributed by atoms with Crippen LogP contribution in [0, 0.1) is 0 Å². The first-order chi connectivity index (χ1) is 7.92. The highest BCUT2D eigenvalue weighted by Crippen LogP contribution is 2.22. The Kier molecular flexibility index (Phi) is 2.42.